The molecular weight excluding hydrogens is 354 g/mol. The number of urea groups is 1. The molecule has 26 heavy (non-hydrogen) atoms. The number of piperidine rings is 1. The van der Waals surface area contributed by atoms with Crippen LogP contribution in [0.15, 0.2) is 24.3 Å². The zero-order chi connectivity index (χ0) is 19.2. The lowest BCUT2D eigenvalue weighted by Crippen LogP contribution is -2.47. The summed E-state index contributed by atoms with van der Waals surface area (Å²) in [5.74, 6) is 0.877. The molecule has 0 aromatic heterocycles. The van der Waals surface area contributed by atoms with E-state index < -0.39 is 15.3 Å². The van der Waals surface area contributed by atoms with Gasteiger partial charge in [-0.3, -0.25) is 0 Å². The summed E-state index contributed by atoms with van der Waals surface area (Å²) in [5, 5.41) is 2.47. The molecule has 1 fully saturated rings. The van der Waals surface area contributed by atoms with Gasteiger partial charge in [0.2, 0.25) is 10.0 Å². The highest BCUT2D eigenvalue weighted by atomic mass is 32.2. The first-order valence-corrected chi connectivity index (χ1v) is 10.5. The predicted molar refractivity (Wildman–Crippen MR) is 102 cm³/mol. The number of benzene rings is 1. The predicted octanol–water partition coefficient (Wildman–Crippen LogP) is 1.94. The molecule has 0 saturated carbocycles. The molecule has 2 amide bonds. The first kappa shape index (κ1) is 20.5. The van der Waals surface area contributed by atoms with Crippen molar-refractivity contribution in [3.8, 4) is 5.75 Å². The minimum absolute atomic E-state index is 0.132. The van der Waals surface area contributed by atoms with Crippen molar-refractivity contribution in [1.29, 1.82) is 0 Å². The molecule has 146 valence electrons. The molecule has 1 saturated heterocycles. The van der Waals surface area contributed by atoms with E-state index in [0.29, 0.717) is 26.2 Å². The van der Waals surface area contributed by atoms with Crippen molar-refractivity contribution in [2.75, 3.05) is 26.7 Å². The molecule has 1 aromatic rings. The van der Waals surface area contributed by atoms with Crippen LogP contribution < -0.4 is 14.8 Å². The van der Waals surface area contributed by atoms with Gasteiger partial charge in [0, 0.05) is 31.7 Å². The van der Waals surface area contributed by atoms with E-state index in [9.17, 15) is 13.2 Å². The Morgan fingerprint density at radius 3 is 2.77 bits per heavy atom. The van der Waals surface area contributed by atoms with Crippen LogP contribution in [0.5, 0.6) is 5.75 Å². The standard InChI is InChI=1S/C18H29N3O4S/c1-14(2)26(23,24)20-11-15-7-6-10-21(13-15)18(22)19-12-16-8-4-5-9-17(16)25-3/h4-5,8-9,14-15,20H,6-7,10-13H2,1-3H3,(H,19,22)/t15-/m1/s1. The van der Waals surface area contributed by atoms with Crippen molar-refractivity contribution in [3.05, 3.63) is 29.8 Å². The van der Waals surface area contributed by atoms with Gasteiger partial charge in [-0.05, 0) is 38.7 Å². The largest absolute Gasteiger partial charge is 0.496 e. The van der Waals surface area contributed by atoms with E-state index in [-0.39, 0.29) is 11.9 Å². The number of carbonyl (C=O) groups is 1. The van der Waals surface area contributed by atoms with Crippen molar-refractivity contribution in [2.24, 2.45) is 5.92 Å². The lowest BCUT2D eigenvalue weighted by atomic mass is 9.99. The first-order chi connectivity index (χ1) is 12.3. The molecule has 0 radical (unpaired) electrons. The molecule has 2 rings (SSSR count). The Kier molecular flexibility index (Phi) is 7.28. The van der Waals surface area contributed by atoms with Crippen LogP contribution in [0.2, 0.25) is 0 Å². The fraction of sp³-hybridized carbons (Fsp3) is 0.611. The number of carbonyl (C=O) groups excluding carboxylic acids is 1. The third-order valence-corrected chi connectivity index (χ3v) is 6.43. The Balaban J connectivity index is 1.85. The van der Waals surface area contributed by atoms with E-state index in [2.05, 4.69) is 10.0 Å². The molecule has 2 N–H and O–H groups in total. The number of rotatable bonds is 7. The maximum absolute atomic E-state index is 12.5. The number of methoxy groups -OCH3 is 1. The van der Waals surface area contributed by atoms with Gasteiger partial charge in [-0.2, -0.15) is 0 Å². The number of para-hydroxylation sites is 1. The molecular formula is C18H29N3O4S. The third kappa shape index (κ3) is 5.60. The molecule has 1 aliphatic heterocycles. The van der Waals surface area contributed by atoms with Gasteiger partial charge in [0.15, 0.2) is 0 Å². The summed E-state index contributed by atoms with van der Waals surface area (Å²) in [6.07, 6.45) is 1.78. The smallest absolute Gasteiger partial charge is 0.317 e. The summed E-state index contributed by atoms with van der Waals surface area (Å²) >= 11 is 0. The number of likely N-dealkylation sites (tertiary alicyclic amines) is 1. The summed E-state index contributed by atoms with van der Waals surface area (Å²) < 4.78 is 31.7. The van der Waals surface area contributed by atoms with E-state index in [4.69, 9.17) is 4.74 Å². The van der Waals surface area contributed by atoms with E-state index in [1.807, 2.05) is 24.3 Å². The van der Waals surface area contributed by atoms with Gasteiger partial charge in [0.05, 0.1) is 12.4 Å². The Labute approximate surface area is 156 Å². The molecule has 0 unspecified atom stereocenters. The topological polar surface area (TPSA) is 87.7 Å². The lowest BCUT2D eigenvalue weighted by molar-refractivity contribution is 0.166. The normalized spacial score (nSPS) is 18.0. The molecule has 0 spiro atoms. The van der Waals surface area contributed by atoms with Crippen LogP contribution in [-0.4, -0.2) is 51.3 Å². The molecule has 1 atom stereocenters. The van der Waals surface area contributed by atoms with Crippen LogP contribution in [0.4, 0.5) is 4.79 Å². The SMILES string of the molecule is COc1ccccc1CNC(=O)N1CCC[C@H](CNS(=O)(=O)C(C)C)C1. The van der Waals surface area contributed by atoms with E-state index in [1.54, 1.807) is 25.9 Å². The van der Waals surface area contributed by atoms with E-state index in [0.717, 1.165) is 24.2 Å². The van der Waals surface area contributed by atoms with Gasteiger partial charge in [-0.1, -0.05) is 18.2 Å². The number of amides is 2. The fourth-order valence-corrected chi connectivity index (χ4v) is 3.75. The lowest BCUT2D eigenvalue weighted by Gasteiger charge is -2.33. The molecule has 0 bridgehead atoms. The highest BCUT2D eigenvalue weighted by Crippen LogP contribution is 2.18. The van der Waals surface area contributed by atoms with Gasteiger partial charge in [-0.25, -0.2) is 17.9 Å². The second kappa shape index (κ2) is 9.23. The summed E-state index contributed by atoms with van der Waals surface area (Å²) in [6.45, 7) is 5.31. The number of nitrogens with zero attached hydrogens (tertiary/aromatic N) is 1. The molecule has 0 aliphatic carbocycles. The number of hydrogen-bond acceptors (Lipinski definition) is 4. The third-order valence-electron chi connectivity index (χ3n) is 4.62. The van der Waals surface area contributed by atoms with Crippen molar-refractivity contribution < 1.29 is 17.9 Å². The second-order valence-corrected chi connectivity index (χ2v) is 9.19. The van der Waals surface area contributed by atoms with Crippen molar-refractivity contribution in [1.82, 2.24) is 14.9 Å². The number of sulfonamides is 1. The highest BCUT2D eigenvalue weighted by Gasteiger charge is 2.25. The number of ether oxygens (including phenoxy) is 1. The maximum Gasteiger partial charge on any atom is 0.317 e. The average molecular weight is 384 g/mol. The van der Waals surface area contributed by atoms with Crippen LogP contribution >= 0.6 is 0 Å². The van der Waals surface area contributed by atoms with Gasteiger partial charge >= 0.3 is 6.03 Å². The van der Waals surface area contributed by atoms with Crippen LogP contribution in [-0.2, 0) is 16.6 Å². The van der Waals surface area contributed by atoms with Gasteiger partial charge in [0.1, 0.15) is 5.75 Å². The average Bonchev–Trinajstić information content (AvgIpc) is 2.64. The Bertz CT molecular complexity index is 706. The molecule has 1 aromatic carbocycles. The summed E-state index contributed by atoms with van der Waals surface area (Å²) in [5.41, 5.74) is 0.918. The number of nitrogens with one attached hydrogen (secondary N) is 2. The Morgan fingerprint density at radius 2 is 2.08 bits per heavy atom. The summed E-state index contributed by atoms with van der Waals surface area (Å²) in [4.78, 5) is 14.2. The minimum atomic E-state index is -3.27. The molecule has 8 heteroatoms. The van der Waals surface area contributed by atoms with Gasteiger partial charge in [-0.15, -0.1) is 0 Å². The molecule has 1 heterocycles. The second-order valence-electron chi connectivity index (χ2n) is 6.87. The molecule has 7 nitrogen and oxygen atoms in total. The summed E-state index contributed by atoms with van der Waals surface area (Å²) in [7, 11) is -1.67. The van der Waals surface area contributed by atoms with Crippen LogP contribution in [0, 0.1) is 5.92 Å². The molecule has 1 aliphatic rings. The minimum Gasteiger partial charge on any atom is -0.496 e. The Morgan fingerprint density at radius 1 is 1.35 bits per heavy atom. The van der Waals surface area contributed by atoms with Gasteiger partial charge < -0.3 is 15.0 Å². The van der Waals surface area contributed by atoms with Crippen molar-refractivity contribution in [2.45, 2.75) is 38.5 Å². The van der Waals surface area contributed by atoms with Crippen molar-refractivity contribution in [3.63, 3.8) is 0 Å². The first-order valence-electron chi connectivity index (χ1n) is 8.96. The van der Waals surface area contributed by atoms with E-state index >= 15 is 0 Å². The maximum atomic E-state index is 12.5. The fourth-order valence-electron chi connectivity index (χ4n) is 2.95. The zero-order valence-electron chi connectivity index (χ0n) is 15.7. The highest BCUT2D eigenvalue weighted by molar-refractivity contribution is 7.90. The number of hydrogen-bond donors (Lipinski definition) is 2. The quantitative estimate of drug-likeness (QED) is 0.753. The van der Waals surface area contributed by atoms with Crippen molar-refractivity contribution >= 4 is 16.1 Å². The van der Waals surface area contributed by atoms with Crippen LogP contribution in [0.3, 0.4) is 0 Å². The zero-order valence-corrected chi connectivity index (χ0v) is 16.5. The Hall–Kier alpha value is -1.80. The van der Waals surface area contributed by atoms with Crippen LogP contribution in [0.25, 0.3) is 0 Å². The van der Waals surface area contributed by atoms with Gasteiger partial charge in [0.25, 0.3) is 0 Å². The van der Waals surface area contributed by atoms with E-state index in [1.165, 1.54) is 0 Å². The summed E-state index contributed by atoms with van der Waals surface area (Å²) in [6, 6.07) is 7.43. The monoisotopic (exact) mass is 383 g/mol. The van der Waals surface area contributed by atoms with Crippen LogP contribution in [0.1, 0.15) is 32.3 Å².